The van der Waals surface area contributed by atoms with Gasteiger partial charge in [-0.1, -0.05) is 32.0 Å². The van der Waals surface area contributed by atoms with E-state index in [-0.39, 0.29) is 5.91 Å². The maximum absolute atomic E-state index is 12.7. The summed E-state index contributed by atoms with van der Waals surface area (Å²) in [7, 11) is 0. The number of hydrogen-bond donors (Lipinski definition) is 1. The lowest BCUT2D eigenvalue weighted by Crippen LogP contribution is -2.28. The van der Waals surface area contributed by atoms with E-state index in [4.69, 9.17) is 4.98 Å². The van der Waals surface area contributed by atoms with Gasteiger partial charge < -0.3 is 5.32 Å². The number of fused-ring (bicyclic) bond motifs is 2. The van der Waals surface area contributed by atoms with Crippen molar-refractivity contribution in [2.45, 2.75) is 40.0 Å². The topological polar surface area (TPSA) is 42.0 Å². The van der Waals surface area contributed by atoms with Gasteiger partial charge in [-0.3, -0.25) is 9.78 Å². The van der Waals surface area contributed by atoms with Crippen molar-refractivity contribution in [3.05, 3.63) is 40.6 Å². The van der Waals surface area contributed by atoms with Crippen LogP contribution in [0.15, 0.2) is 18.2 Å². The lowest BCUT2D eigenvalue weighted by molar-refractivity contribution is 0.0949. The molecule has 0 radical (unpaired) electrons. The second-order valence-electron chi connectivity index (χ2n) is 6.34. The van der Waals surface area contributed by atoms with Crippen molar-refractivity contribution in [3.63, 3.8) is 0 Å². The van der Waals surface area contributed by atoms with E-state index >= 15 is 0 Å². The fraction of sp³-hybridized carbons (Fsp3) is 0.444. The van der Waals surface area contributed by atoms with E-state index in [1.807, 2.05) is 12.1 Å². The molecule has 3 heteroatoms. The van der Waals surface area contributed by atoms with E-state index in [0.29, 0.717) is 12.5 Å². The minimum atomic E-state index is 0.0554. The number of rotatable bonds is 3. The smallest absolute Gasteiger partial charge is 0.252 e. The number of carbonyl (C=O) groups is 1. The Morgan fingerprint density at radius 1 is 1.33 bits per heavy atom. The number of benzene rings is 1. The van der Waals surface area contributed by atoms with Crippen LogP contribution in [0.2, 0.25) is 0 Å². The molecule has 0 aliphatic heterocycles. The second-order valence-corrected chi connectivity index (χ2v) is 6.34. The molecular formula is C18H22N2O. The van der Waals surface area contributed by atoms with Crippen LogP contribution in [0.1, 0.15) is 47.4 Å². The van der Waals surface area contributed by atoms with E-state index in [1.54, 1.807) is 0 Å². The number of aryl methyl sites for hydroxylation is 2. The molecule has 3 rings (SSSR count). The van der Waals surface area contributed by atoms with Crippen LogP contribution in [0.3, 0.4) is 0 Å². The molecule has 0 bridgehead atoms. The first-order valence-corrected chi connectivity index (χ1v) is 7.77. The zero-order chi connectivity index (χ0) is 15.0. The molecule has 3 nitrogen and oxygen atoms in total. The van der Waals surface area contributed by atoms with Crippen LogP contribution in [0.5, 0.6) is 0 Å². The molecule has 2 aromatic rings. The number of hydrogen-bond acceptors (Lipinski definition) is 2. The summed E-state index contributed by atoms with van der Waals surface area (Å²) < 4.78 is 0. The highest BCUT2D eigenvalue weighted by Crippen LogP contribution is 2.31. The summed E-state index contributed by atoms with van der Waals surface area (Å²) in [6, 6.07) is 6.10. The van der Waals surface area contributed by atoms with E-state index < -0.39 is 0 Å². The third kappa shape index (κ3) is 2.53. The lowest BCUT2D eigenvalue weighted by atomic mass is 9.98. The molecule has 1 aliphatic rings. The second kappa shape index (κ2) is 5.47. The average molecular weight is 282 g/mol. The molecule has 1 aliphatic carbocycles. The molecule has 21 heavy (non-hydrogen) atoms. The van der Waals surface area contributed by atoms with E-state index in [0.717, 1.165) is 52.5 Å². The average Bonchev–Trinajstić information content (AvgIpc) is 2.91. The van der Waals surface area contributed by atoms with Gasteiger partial charge in [0.15, 0.2) is 0 Å². The first-order valence-electron chi connectivity index (χ1n) is 7.77. The summed E-state index contributed by atoms with van der Waals surface area (Å²) in [5, 5.41) is 4.07. The van der Waals surface area contributed by atoms with Crippen LogP contribution in [0.4, 0.5) is 0 Å². The Hall–Kier alpha value is -1.90. The van der Waals surface area contributed by atoms with Crippen molar-refractivity contribution in [1.29, 1.82) is 0 Å². The molecule has 1 aromatic heterocycles. The summed E-state index contributed by atoms with van der Waals surface area (Å²) in [6.07, 6.45) is 3.06. The molecular weight excluding hydrogens is 260 g/mol. The molecule has 0 fully saturated rings. The fourth-order valence-electron chi connectivity index (χ4n) is 3.07. The number of amides is 1. The van der Waals surface area contributed by atoms with E-state index in [2.05, 4.69) is 32.2 Å². The van der Waals surface area contributed by atoms with Crippen molar-refractivity contribution in [3.8, 4) is 0 Å². The highest BCUT2D eigenvalue weighted by molar-refractivity contribution is 6.08. The minimum Gasteiger partial charge on any atom is -0.352 e. The summed E-state index contributed by atoms with van der Waals surface area (Å²) in [5.41, 5.74) is 5.26. The highest BCUT2D eigenvalue weighted by atomic mass is 16.1. The van der Waals surface area contributed by atoms with Gasteiger partial charge in [-0.15, -0.1) is 0 Å². The summed E-state index contributed by atoms with van der Waals surface area (Å²) in [5.74, 6) is 0.511. The molecule has 0 unspecified atom stereocenters. The van der Waals surface area contributed by atoms with E-state index in [9.17, 15) is 4.79 Å². The Kier molecular flexibility index (Phi) is 3.66. The van der Waals surface area contributed by atoms with Crippen LogP contribution in [-0.4, -0.2) is 17.4 Å². The summed E-state index contributed by atoms with van der Waals surface area (Å²) >= 11 is 0. The molecule has 1 aromatic carbocycles. The number of para-hydroxylation sites is 1. The Balaban J connectivity index is 2.15. The molecule has 1 amide bonds. The quantitative estimate of drug-likeness (QED) is 0.937. The largest absolute Gasteiger partial charge is 0.352 e. The minimum absolute atomic E-state index is 0.0554. The zero-order valence-corrected chi connectivity index (χ0v) is 13.0. The standard InChI is InChI=1S/C18H22N2O/c1-11(2)10-19-18(21)16-13-7-5-9-15(13)20-17-12(3)6-4-8-14(16)17/h4,6,8,11H,5,7,9-10H2,1-3H3,(H,19,21). The van der Waals surface area contributed by atoms with Crippen LogP contribution in [-0.2, 0) is 12.8 Å². The van der Waals surface area contributed by atoms with Crippen LogP contribution in [0, 0.1) is 12.8 Å². The fourth-order valence-corrected chi connectivity index (χ4v) is 3.07. The molecule has 0 atom stereocenters. The first kappa shape index (κ1) is 14.1. The SMILES string of the molecule is Cc1cccc2c(C(=O)NCC(C)C)c3c(nc12)CCC3. The summed E-state index contributed by atoms with van der Waals surface area (Å²) in [4.78, 5) is 17.5. The monoisotopic (exact) mass is 282 g/mol. The molecule has 110 valence electrons. The van der Waals surface area contributed by atoms with Gasteiger partial charge in [0, 0.05) is 17.6 Å². The van der Waals surface area contributed by atoms with Gasteiger partial charge in [0.25, 0.3) is 5.91 Å². The van der Waals surface area contributed by atoms with Crippen LogP contribution >= 0.6 is 0 Å². The highest BCUT2D eigenvalue weighted by Gasteiger charge is 2.24. The maximum Gasteiger partial charge on any atom is 0.252 e. The lowest BCUT2D eigenvalue weighted by Gasteiger charge is -2.14. The van der Waals surface area contributed by atoms with Gasteiger partial charge in [0.2, 0.25) is 0 Å². The number of pyridine rings is 1. The molecule has 0 saturated heterocycles. The number of nitrogens with one attached hydrogen (secondary N) is 1. The Bertz CT molecular complexity index is 704. The predicted molar refractivity (Wildman–Crippen MR) is 85.7 cm³/mol. The van der Waals surface area contributed by atoms with E-state index in [1.165, 1.54) is 0 Å². The van der Waals surface area contributed by atoms with Crippen LogP contribution in [0.25, 0.3) is 10.9 Å². The van der Waals surface area contributed by atoms with Crippen molar-refractivity contribution < 1.29 is 4.79 Å². The number of aromatic nitrogens is 1. The van der Waals surface area contributed by atoms with Crippen molar-refractivity contribution in [1.82, 2.24) is 10.3 Å². The number of carbonyl (C=O) groups excluding carboxylic acids is 1. The normalized spacial score (nSPS) is 13.7. The van der Waals surface area contributed by atoms with Crippen molar-refractivity contribution in [2.24, 2.45) is 5.92 Å². The van der Waals surface area contributed by atoms with Crippen LogP contribution < -0.4 is 5.32 Å². The molecule has 0 saturated carbocycles. The van der Waals surface area contributed by atoms with Crippen molar-refractivity contribution in [2.75, 3.05) is 6.54 Å². The van der Waals surface area contributed by atoms with Gasteiger partial charge >= 0.3 is 0 Å². The zero-order valence-electron chi connectivity index (χ0n) is 13.0. The number of nitrogens with zero attached hydrogens (tertiary/aromatic N) is 1. The first-order chi connectivity index (χ1) is 10.1. The molecule has 1 heterocycles. The molecule has 0 spiro atoms. The third-order valence-corrected chi connectivity index (χ3v) is 4.14. The summed E-state index contributed by atoms with van der Waals surface area (Å²) in [6.45, 7) is 6.99. The van der Waals surface area contributed by atoms with Gasteiger partial charge in [-0.05, 0) is 43.2 Å². The predicted octanol–water partition coefficient (Wildman–Crippen LogP) is 3.42. The van der Waals surface area contributed by atoms with Crippen molar-refractivity contribution >= 4 is 16.8 Å². The maximum atomic E-state index is 12.7. The third-order valence-electron chi connectivity index (χ3n) is 4.14. The Morgan fingerprint density at radius 3 is 2.90 bits per heavy atom. The molecule has 1 N–H and O–H groups in total. The van der Waals surface area contributed by atoms with Gasteiger partial charge in [-0.25, -0.2) is 0 Å². The Labute approximate surface area is 125 Å². The van der Waals surface area contributed by atoms with Gasteiger partial charge in [0.05, 0.1) is 11.1 Å². The van der Waals surface area contributed by atoms with Gasteiger partial charge in [-0.2, -0.15) is 0 Å². The van der Waals surface area contributed by atoms with Gasteiger partial charge in [0.1, 0.15) is 0 Å². The Morgan fingerprint density at radius 2 is 2.14 bits per heavy atom.